The number of aliphatic imine (C=N–C) groups is 1. The molecule has 1 saturated heterocycles. The van der Waals surface area contributed by atoms with Gasteiger partial charge in [-0.25, -0.2) is 4.79 Å². The molecule has 0 aromatic carbocycles. The molecule has 6 heteroatoms. The summed E-state index contributed by atoms with van der Waals surface area (Å²) in [7, 11) is 4.90. The van der Waals surface area contributed by atoms with Crippen LogP contribution in [0.4, 0.5) is 0 Å². The third kappa shape index (κ3) is 2.41. The number of ether oxygens (including phenoxy) is 2. The number of carbonyl (C=O) groups excluding carboxylic acids is 2. The maximum absolute atomic E-state index is 12.2. The maximum atomic E-state index is 12.2. The first-order valence-corrected chi connectivity index (χ1v) is 7.98. The van der Waals surface area contributed by atoms with Gasteiger partial charge in [0.05, 0.1) is 19.9 Å². The number of nitrogens with zero attached hydrogens (tertiary/aromatic N) is 2. The topological polar surface area (TPSA) is 68.2 Å². The van der Waals surface area contributed by atoms with Crippen LogP contribution in [0.25, 0.3) is 0 Å². The zero-order chi connectivity index (χ0) is 17.5. The molecule has 3 rings (SSSR count). The van der Waals surface area contributed by atoms with Crippen LogP contribution in [0, 0.1) is 5.41 Å². The number of rotatable bonds is 4. The summed E-state index contributed by atoms with van der Waals surface area (Å²) in [5.41, 5.74) is 2.07. The molecule has 1 aliphatic carbocycles. The zero-order valence-electron chi connectivity index (χ0n) is 14.5. The average Bonchev–Trinajstić information content (AvgIpc) is 3.06. The van der Waals surface area contributed by atoms with Crippen molar-refractivity contribution in [3.63, 3.8) is 0 Å². The number of hydrogen-bond donors (Lipinski definition) is 0. The maximum Gasteiger partial charge on any atom is 0.333 e. The molecule has 128 valence electrons. The van der Waals surface area contributed by atoms with E-state index in [1.165, 1.54) is 14.2 Å². The van der Waals surface area contributed by atoms with Crippen molar-refractivity contribution < 1.29 is 19.1 Å². The van der Waals surface area contributed by atoms with E-state index < -0.39 is 0 Å². The number of ketones is 1. The van der Waals surface area contributed by atoms with Gasteiger partial charge in [0.15, 0.2) is 5.76 Å². The lowest BCUT2D eigenvalue weighted by Crippen LogP contribution is -2.34. The number of esters is 1. The van der Waals surface area contributed by atoms with Crippen molar-refractivity contribution in [2.75, 3.05) is 27.8 Å². The minimum absolute atomic E-state index is 0.0271. The van der Waals surface area contributed by atoms with Gasteiger partial charge in [0.2, 0.25) is 5.78 Å². The van der Waals surface area contributed by atoms with Gasteiger partial charge in [-0.15, -0.1) is 0 Å². The first-order chi connectivity index (χ1) is 11.4. The summed E-state index contributed by atoms with van der Waals surface area (Å²) in [6.07, 6.45) is 6.78. The van der Waals surface area contributed by atoms with E-state index in [1.807, 2.05) is 13.1 Å². The Bertz CT molecular complexity index is 717. The standard InChI is InChI=1S/C18H22N2O4/c1-11(16(22)24-4)5-6-18-7-8-20(2)17(18)19-13-10-15(23-3)14(21)9-12(13)18/h5,9-10,17H,6-8H2,1-4H3/b11-5+/t17-,18-/m1/s1. The Morgan fingerprint density at radius 1 is 1.46 bits per heavy atom. The molecule has 0 bridgehead atoms. The van der Waals surface area contributed by atoms with Gasteiger partial charge in [-0.1, -0.05) is 6.08 Å². The van der Waals surface area contributed by atoms with Crippen LogP contribution in [0.5, 0.6) is 0 Å². The smallest absolute Gasteiger partial charge is 0.333 e. The third-order valence-electron chi connectivity index (χ3n) is 5.18. The normalized spacial score (nSPS) is 29.5. The fourth-order valence-corrected chi connectivity index (χ4v) is 3.79. The Kier molecular flexibility index (Phi) is 4.17. The first kappa shape index (κ1) is 16.6. The van der Waals surface area contributed by atoms with Crippen molar-refractivity contribution in [3.8, 4) is 0 Å². The summed E-state index contributed by atoms with van der Waals surface area (Å²) in [6, 6.07) is 0. The third-order valence-corrected chi connectivity index (χ3v) is 5.18. The minimum Gasteiger partial charge on any atom is -0.493 e. The van der Waals surface area contributed by atoms with Crippen molar-refractivity contribution >= 4 is 17.5 Å². The highest BCUT2D eigenvalue weighted by atomic mass is 16.5. The summed E-state index contributed by atoms with van der Waals surface area (Å²) >= 11 is 0. The van der Waals surface area contributed by atoms with Crippen molar-refractivity contribution in [2.45, 2.75) is 25.9 Å². The molecule has 2 atom stereocenters. The van der Waals surface area contributed by atoms with Crippen LogP contribution in [-0.4, -0.2) is 56.3 Å². The van der Waals surface area contributed by atoms with Crippen molar-refractivity contribution in [2.24, 2.45) is 10.4 Å². The quantitative estimate of drug-likeness (QED) is 0.445. The van der Waals surface area contributed by atoms with Gasteiger partial charge in [0, 0.05) is 23.6 Å². The molecule has 2 heterocycles. The van der Waals surface area contributed by atoms with Gasteiger partial charge >= 0.3 is 5.97 Å². The molecule has 0 N–H and O–H groups in total. The summed E-state index contributed by atoms with van der Waals surface area (Å²) < 4.78 is 9.91. The van der Waals surface area contributed by atoms with E-state index in [0.717, 1.165) is 24.3 Å². The molecule has 2 aliphatic heterocycles. The Morgan fingerprint density at radius 3 is 2.88 bits per heavy atom. The molecule has 0 aromatic heterocycles. The molecule has 0 unspecified atom stereocenters. The molecule has 1 fully saturated rings. The van der Waals surface area contributed by atoms with Crippen LogP contribution in [0.3, 0.4) is 0 Å². The first-order valence-electron chi connectivity index (χ1n) is 7.98. The van der Waals surface area contributed by atoms with E-state index in [2.05, 4.69) is 4.90 Å². The molecule has 3 aliphatic rings. The van der Waals surface area contributed by atoms with Crippen LogP contribution in [-0.2, 0) is 19.1 Å². The molecule has 0 spiro atoms. The van der Waals surface area contributed by atoms with Crippen LogP contribution >= 0.6 is 0 Å². The highest BCUT2D eigenvalue weighted by Crippen LogP contribution is 2.52. The van der Waals surface area contributed by atoms with Gasteiger partial charge in [-0.2, -0.15) is 0 Å². The second kappa shape index (κ2) is 6.02. The Hall–Kier alpha value is -2.21. The van der Waals surface area contributed by atoms with Crippen LogP contribution in [0.1, 0.15) is 19.8 Å². The van der Waals surface area contributed by atoms with E-state index in [-0.39, 0.29) is 23.3 Å². The van der Waals surface area contributed by atoms with Gasteiger partial charge in [0.1, 0.15) is 6.17 Å². The van der Waals surface area contributed by atoms with Crippen molar-refractivity contribution in [3.05, 3.63) is 35.1 Å². The van der Waals surface area contributed by atoms with E-state index in [4.69, 9.17) is 14.5 Å². The number of fused-ring (bicyclic) bond motifs is 3. The summed E-state index contributed by atoms with van der Waals surface area (Å²) in [5.74, 6) is -0.144. The lowest BCUT2D eigenvalue weighted by Gasteiger charge is -2.31. The SMILES string of the molecule is COC(=O)/C(C)=C/C[C@]12CCN(C)[C@H]1N=C1C=C(OC)C(=O)C=C12. The zero-order valence-corrected chi connectivity index (χ0v) is 14.5. The number of carbonyl (C=O) groups is 2. The highest BCUT2D eigenvalue weighted by Gasteiger charge is 2.54. The average molecular weight is 330 g/mol. The summed E-state index contributed by atoms with van der Waals surface area (Å²) in [6.45, 7) is 2.65. The van der Waals surface area contributed by atoms with Crippen molar-refractivity contribution in [1.82, 2.24) is 4.90 Å². The van der Waals surface area contributed by atoms with Crippen LogP contribution < -0.4 is 0 Å². The molecule has 6 nitrogen and oxygen atoms in total. The number of methoxy groups -OCH3 is 2. The van der Waals surface area contributed by atoms with Gasteiger partial charge < -0.3 is 9.47 Å². The number of likely N-dealkylation sites (tertiary alicyclic amines) is 1. The second-order valence-corrected chi connectivity index (χ2v) is 6.49. The molecule has 0 saturated carbocycles. The van der Waals surface area contributed by atoms with E-state index in [0.29, 0.717) is 17.8 Å². The summed E-state index contributed by atoms with van der Waals surface area (Å²) in [4.78, 5) is 30.9. The van der Waals surface area contributed by atoms with Crippen molar-refractivity contribution in [1.29, 1.82) is 0 Å². The minimum atomic E-state index is -0.330. The Balaban J connectivity index is 1.98. The van der Waals surface area contributed by atoms with Crippen LogP contribution in [0.15, 0.2) is 40.1 Å². The van der Waals surface area contributed by atoms with Gasteiger partial charge in [-0.3, -0.25) is 14.7 Å². The van der Waals surface area contributed by atoms with Crippen LogP contribution in [0.2, 0.25) is 0 Å². The second-order valence-electron chi connectivity index (χ2n) is 6.49. The largest absolute Gasteiger partial charge is 0.493 e. The fourth-order valence-electron chi connectivity index (χ4n) is 3.79. The molecule has 24 heavy (non-hydrogen) atoms. The lowest BCUT2D eigenvalue weighted by molar-refractivity contribution is -0.136. The van der Waals surface area contributed by atoms with Gasteiger partial charge in [0.25, 0.3) is 0 Å². The fraction of sp³-hybridized carbons (Fsp3) is 0.500. The molecule has 0 amide bonds. The predicted octanol–water partition coefficient (Wildman–Crippen LogP) is 1.64. The molecule has 0 aromatic rings. The molecular formula is C18H22N2O4. The molecular weight excluding hydrogens is 308 g/mol. The molecule has 0 radical (unpaired) electrons. The Labute approximate surface area is 141 Å². The monoisotopic (exact) mass is 330 g/mol. The van der Waals surface area contributed by atoms with E-state index in [9.17, 15) is 9.59 Å². The van der Waals surface area contributed by atoms with E-state index >= 15 is 0 Å². The van der Waals surface area contributed by atoms with E-state index in [1.54, 1.807) is 19.1 Å². The van der Waals surface area contributed by atoms with Gasteiger partial charge in [-0.05, 0) is 38.5 Å². The summed E-state index contributed by atoms with van der Waals surface area (Å²) in [5, 5.41) is 0. The predicted molar refractivity (Wildman–Crippen MR) is 89.5 cm³/mol. The highest BCUT2D eigenvalue weighted by molar-refractivity contribution is 6.23. The number of allylic oxidation sites excluding steroid dienone is 3. The Morgan fingerprint density at radius 2 is 2.21 bits per heavy atom. The lowest BCUT2D eigenvalue weighted by atomic mass is 9.72. The number of hydrogen-bond acceptors (Lipinski definition) is 6.